The summed E-state index contributed by atoms with van der Waals surface area (Å²) in [5.41, 5.74) is 2.07. The van der Waals surface area contributed by atoms with E-state index in [1.807, 2.05) is 31.3 Å². The third-order valence-corrected chi connectivity index (χ3v) is 6.34. The summed E-state index contributed by atoms with van der Waals surface area (Å²) >= 11 is 2.71. The molecule has 3 heterocycles. The largest absolute Gasteiger partial charge is 0.378 e. The lowest BCUT2D eigenvalue weighted by Crippen LogP contribution is -2.23. The molecule has 2 N–H and O–H groups in total. The van der Waals surface area contributed by atoms with Crippen molar-refractivity contribution < 1.29 is 4.92 Å². The Kier molecular flexibility index (Phi) is 4.95. The Labute approximate surface area is 164 Å². The van der Waals surface area contributed by atoms with Crippen LogP contribution < -0.4 is 10.6 Å². The van der Waals surface area contributed by atoms with Crippen molar-refractivity contribution in [3.05, 3.63) is 64.1 Å². The summed E-state index contributed by atoms with van der Waals surface area (Å²) in [7, 11) is 0. The number of aryl methyl sites for hydroxylation is 1. The zero-order valence-corrected chi connectivity index (χ0v) is 16.1. The van der Waals surface area contributed by atoms with Gasteiger partial charge in [-0.25, -0.2) is 9.97 Å². The molecule has 0 aliphatic carbocycles. The molecule has 0 saturated heterocycles. The van der Waals surface area contributed by atoms with Gasteiger partial charge in [-0.1, -0.05) is 29.2 Å². The minimum atomic E-state index is -0.356. The lowest BCUT2D eigenvalue weighted by atomic mass is 10.0. The topological polar surface area (TPSA) is 93.0 Å². The molecule has 0 amide bonds. The van der Waals surface area contributed by atoms with E-state index in [1.165, 1.54) is 23.1 Å². The predicted molar refractivity (Wildman–Crippen MR) is 108 cm³/mol. The quantitative estimate of drug-likeness (QED) is 0.467. The number of hydrogen-bond donors (Lipinski definition) is 2. The molecule has 2 aromatic heterocycles. The van der Waals surface area contributed by atoms with Crippen LogP contribution in [0.4, 0.5) is 16.5 Å². The van der Waals surface area contributed by atoms with E-state index in [0.29, 0.717) is 0 Å². The predicted octanol–water partition coefficient (Wildman–Crippen LogP) is 4.87. The Balaban J connectivity index is 1.51. The third kappa shape index (κ3) is 4.04. The first-order chi connectivity index (χ1) is 13.1. The van der Waals surface area contributed by atoms with E-state index in [4.69, 9.17) is 0 Å². The van der Waals surface area contributed by atoms with Crippen LogP contribution >= 0.6 is 23.1 Å². The molecule has 138 valence electrons. The number of thiophene rings is 1. The summed E-state index contributed by atoms with van der Waals surface area (Å²) < 4.78 is 0.898. The molecule has 0 bridgehead atoms. The fourth-order valence-corrected chi connectivity index (χ4v) is 4.91. The van der Waals surface area contributed by atoms with Gasteiger partial charge in [-0.15, -0.1) is 0 Å². The fraction of sp³-hybridized carbons (Fsp3) is 0.222. The molecule has 0 spiro atoms. The average molecular weight is 400 g/mol. The van der Waals surface area contributed by atoms with Gasteiger partial charge in [0.1, 0.15) is 11.6 Å². The lowest BCUT2D eigenvalue weighted by molar-refractivity contribution is -0.380. The van der Waals surface area contributed by atoms with E-state index in [-0.39, 0.29) is 16.0 Å². The van der Waals surface area contributed by atoms with Crippen LogP contribution in [0, 0.1) is 17.0 Å². The van der Waals surface area contributed by atoms with Gasteiger partial charge < -0.3 is 10.6 Å². The molecule has 1 atom stereocenters. The number of nitro groups is 1. The summed E-state index contributed by atoms with van der Waals surface area (Å²) in [5.74, 6) is 1.65. The molecule has 7 nitrogen and oxygen atoms in total. The fourth-order valence-electron chi connectivity index (χ4n) is 2.95. The number of nitrogens with zero attached hydrogens (tertiary/aromatic N) is 3. The maximum Gasteiger partial charge on any atom is 0.325 e. The van der Waals surface area contributed by atoms with Gasteiger partial charge in [0, 0.05) is 35.0 Å². The first-order valence-corrected chi connectivity index (χ1v) is 10.1. The highest BCUT2D eigenvalue weighted by Crippen LogP contribution is 2.38. The van der Waals surface area contributed by atoms with Crippen LogP contribution in [-0.4, -0.2) is 21.4 Å². The number of benzene rings is 1. The molecule has 0 fully saturated rings. The van der Waals surface area contributed by atoms with Crippen molar-refractivity contribution in [2.75, 3.05) is 17.2 Å². The number of nitrogens with one attached hydrogen (secondary N) is 2. The molecule has 1 unspecified atom stereocenters. The average Bonchev–Trinajstić information content (AvgIpc) is 3.11. The van der Waals surface area contributed by atoms with Crippen LogP contribution in [0.3, 0.4) is 0 Å². The molecule has 4 rings (SSSR count). The number of anilines is 2. The van der Waals surface area contributed by atoms with Gasteiger partial charge in [0.05, 0.1) is 15.2 Å². The maximum absolute atomic E-state index is 10.8. The highest BCUT2D eigenvalue weighted by atomic mass is 32.2. The van der Waals surface area contributed by atoms with Crippen molar-refractivity contribution in [3.63, 3.8) is 0 Å². The number of hydrogen-bond acceptors (Lipinski definition) is 8. The van der Waals surface area contributed by atoms with E-state index in [9.17, 15) is 10.1 Å². The number of fused-ring (bicyclic) bond motifs is 1. The standard InChI is InChI=1S/C18H17N5O2S2/c1-11-20-10-14-15(7-8-19-18(14)21-11)22-12-3-2-4-13(9-12)26-17-6-5-16(27-17)23(24)25/h2-6,9-10,15,22H,7-8H2,1H3,(H,19,20,21). The minimum Gasteiger partial charge on any atom is -0.378 e. The molecule has 3 aromatic rings. The summed E-state index contributed by atoms with van der Waals surface area (Å²) in [6.45, 7) is 2.74. The molecule has 0 radical (unpaired) electrons. The van der Waals surface area contributed by atoms with Crippen molar-refractivity contribution in [2.24, 2.45) is 0 Å². The van der Waals surface area contributed by atoms with Crippen LogP contribution in [0.2, 0.25) is 0 Å². The molecule has 1 aromatic carbocycles. The van der Waals surface area contributed by atoms with Crippen molar-refractivity contribution in [1.82, 2.24) is 9.97 Å². The van der Waals surface area contributed by atoms with Crippen LogP contribution in [-0.2, 0) is 0 Å². The summed E-state index contributed by atoms with van der Waals surface area (Å²) in [6, 6.07) is 11.6. The van der Waals surface area contributed by atoms with Gasteiger partial charge in [0.2, 0.25) is 0 Å². The monoisotopic (exact) mass is 399 g/mol. The second kappa shape index (κ2) is 7.53. The third-order valence-electron chi connectivity index (χ3n) is 4.18. The molecular weight excluding hydrogens is 382 g/mol. The van der Waals surface area contributed by atoms with Crippen LogP contribution in [0.5, 0.6) is 0 Å². The Morgan fingerprint density at radius 2 is 2.26 bits per heavy atom. The van der Waals surface area contributed by atoms with E-state index in [0.717, 1.165) is 45.0 Å². The lowest BCUT2D eigenvalue weighted by Gasteiger charge is -2.27. The molecule has 9 heteroatoms. The van der Waals surface area contributed by atoms with E-state index < -0.39 is 0 Å². The highest BCUT2D eigenvalue weighted by molar-refractivity contribution is 8.01. The zero-order chi connectivity index (χ0) is 18.8. The van der Waals surface area contributed by atoms with Crippen LogP contribution in [0.1, 0.15) is 23.9 Å². The highest BCUT2D eigenvalue weighted by Gasteiger charge is 2.21. The van der Waals surface area contributed by atoms with Crippen LogP contribution in [0.25, 0.3) is 0 Å². The Hall–Kier alpha value is -2.65. The van der Waals surface area contributed by atoms with Gasteiger partial charge in [0.15, 0.2) is 0 Å². The van der Waals surface area contributed by atoms with Crippen molar-refractivity contribution in [2.45, 2.75) is 28.5 Å². The van der Waals surface area contributed by atoms with Crippen molar-refractivity contribution >= 4 is 39.6 Å². The zero-order valence-electron chi connectivity index (χ0n) is 14.5. The minimum absolute atomic E-state index is 0.143. The molecule has 27 heavy (non-hydrogen) atoms. The second-order valence-corrected chi connectivity index (χ2v) is 8.55. The first-order valence-electron chi connectivity index (χ1n) is 8.44. The van der Waals surface area contributed by atoms with Crippen LogP contribution in [0.15, 0.2) is 51.7 Å². The van der Waals surface area contributed by atoms with E-state index >= 15 is 0 Å². The molecule has 0 saturated carbocycles. The summed E-state index contributed by atoms with van der Waals surface area (Å²) in [5, 5.41) is 17.9. The smallest absolute Gasteiger partial charge is 0.325 e. The van der Waals surface area contributed by atoms with E-state index in [2.05, 4.69) is 26.7 Å². The maximum atomic E-state index is 10.8. The molecular formula is C18H17N5O2S2. The number of aromatic nitrogens is 2. The summed E-state index contributed by atoms with van der Waals surface area (Å²) in [4.78, 5) is 20.3. The Morgan fingerprint density at radius 3 is 3.07 bits per heavy atom. The second-order valence-electron chi connectivity index (χ2n) is 6.11. The van der Waals surface area contributed by atoms with Crippen molar-refractivity contribution in [1.29, 1.82) is 0 Å². The van der Waals surface area contributed by atoms with Gasteiger partial charge in [-0.2, -0.15) is 0 Å². The van der Waals surface area contributed by atoms with Gasteiger partial charge >= 0.3 is 5.00 Å². The molecule has 1 aliphatic heterocycles. The Bertz CT molecular complexity index is 991. The van der Waals surface area contributed by atoms with Gasteiger partial charge in [-0.05, 0) is 37.6 Å². The Morgan fingerprint density at radius 1 is 1.37 bits per heavy atom. The van der Waals surface area contributed by atoms with Gasteiger partial charge in [0.25, 0.3) is 0 Å². The van der Waals surface area contributed by atoms with E-state index in [1.54, 1.807) is 12.1 Å². The normalized spacial score (nSPS) is 15.7. The summed E-state index contributed by atoms with van der Waals surface area (Å²) in [6.07, 6.45) is 2.82. The SMILES string of the molecule is Cc1ncc2c(n1)NCCC2Nc1cccc(Sc2ccc([N+](=O)[O-])s2)c1. The first kappa shape index (κ1) is 17.7. The van der Waals surface area contributed by atoms with Gasteiger partial charge in [-0.3, -0.25) is 10.1 Å². The van der Waals surface area contributed by atoms with Crippen molar-refractivity contribution in [3.8, 4) is 0 Å². The number of rotatable bonds is 5. The molecule has 1 aliphatic rings.